The van der Waals surface area contributed by atoms with E-state index in [1.807, 2.05) is 0 Å². The van der Waals surface area contributed by atoms with Gasteiger partial charge in [-0.2, -0.15) is 13.2 Å². The van der Waals surface area contributed by atoms with Gasteiger partial charge in [0, 0.05) is 18.8 Å². The number of likely N-dealkylation sites (N-methyl/N-ethyl adjacent to an activating group) is 1. The molecule has 2 N–H and O–H groups in total. The lowest BCUT2D eigenvalue weighted by atomic mass is 10.0. The molecule has 0 spiro atoms. The molecule has 11 heteroatoms. The second-order valence-corrected chi connectivity index (χ2v) is 7.21. The van der Waals surface area contributed by atoms with Gasteiger partial charge >= 0.3 is 6.18 Å². The Kier molecular flexibility index (Phi) is 4.04. The van der Waals surface area contributed by atoms with Crippen LogP contribution in [0, 0.1) is 0 Å². The number of ether oxygens (including phenoxy) is 1. The smallest absolute Gasteiger partial charge is 0.416 e. The van der Waals surface area contributed by atoms with E-state index in [-0.39, 0.29) is 29.6 Å². The minimum Gasteiger partial charge on any atom is -0.491 e. The first-order chi connectivity index (χ1) is 14.7. The van der Waals surface area contributed by atoms with E-state index in [4.69, 9.17) is 10.5 Å². The van der Waals surface area contributed by atoms with Crippen molar-refractivity contribution in [2.45, 2.75) is 12.2 Å². The van der Waals surface area contributed by atoms with Crippen molar-refractivity contribution in [2.24, 2.45) is 0 Å². The summed E-state index contributed by atoms with van der Waals surface area (Å²) in [6.45, 7) is 0.0593. The highest BCUT2D eigenvalue weighted by molar-refractivity contribution is 5.97. The molecule has 5 rings (SSSR count). The molecule has 0 saturated heterocycles. The van der Waals surface area contributed by atoms with E-state index in [0.29, 0.717) is 22.2 Å². The van der Waals surface area contributed by atoms with Gasteiger partial charge in [0.15, 0.2) is 11.5 Å². The van der Waals surface area contributed by atoms with Crippen LogP contribution in [0.15, 0.2) is 43.0 Å². The first-order valence-electron chi connectivity index (χ1n) is 9.22. The van der Waals surface area contributed by atoms with Crippen LogP contribution in [0.4, 0.5) is 19.0 Å². The number of carbonyl (C=O) groups is 1. The van der Waals surface area contributed by atoms with Crippen LogP contribution >= 0.6 is 0 Å². The summed E-state index contributed by atoms with van der Waals surface area (Å²) >= 11 is 0. The molecule has 1 aliphatic heterocycles. The number of hydrogen-bond donors (Lipinski definition) is 1. The molecule has 31 heavy (non-hydrogen) atoms. The molecule has 1 aliphatic rings. The Morgan fingerprint density at radius 3 is 2.84 bits per heavy atom. The molecule has 0 radical (unpaired) electrons. The maximum atomic E-state index is 13.1. The zero-order chi connectivity index (χ0) is 21.9. The Morgan fingerprint density at radius 2 is 2.06 bits per heavy atom. The van der Waals surface area contributed by atoms with Gasteiger partial charge in [-0.15, -0.1) is 0 Å². The highest BCUT2D eigenvalue weighted by Crippen LogP contribution is 2.40. The number of nitrogen functional groups attached to an aromatic ring is 1. The van der Waals surface area contributed by atoms with Gasteiger partial charge in [-0.05, 0) is 18.2 Å². The Hall–Kier alpha value is -3.89. The molecule has 1 amide bonds. The highest BCUT2D eigenvalue weighted by Gasteiger charge is 2.36. The van der Waals surface area contributed by atoms with Crippen LogP contribution in [0.25, 0.3) is 16.7 Å². The van der Waals surface area contributed by atoms with Crippen molar-refractivity contribution in [2.75, 3.05) is 19.4 Å². The van der Waals surface area contributed by atoms with Crippen molar-refractivity contribution >= 4 is 28.4 Å². The standard InChI is InChI=1S/C20H15F3N6O2/c1-28(15-8-31-16-5-11(20(21,22)23)2-3-12(15)16)19(30)10-4-13-18(26-6-10)27-17(24)14-7-25-9-29(13)14/h2-7,9,15H,8H2,1H3,(H2,24,26,27)/t15-/m1/s1. The summed E-state index contributed by atoms with van der Waals surface area (Å²) in [7, 11) is 1.57. The van der Waals surface area contributed by atoms with Gasteiger partial charge in [0.1, 0.15) is 17.9 Å². The van der Waals surface area contributed by atoms with E-state index in [1.54, 1.807) is 30.0 Å². The van der Waals surface area contributed by atoms with Crippen molar-refractivity contribution in [1.82, 2.24) is 24.3 Å². The Bertz CT molecular complexity index is 1350. The number of alkyl halides is 3. The molecule has 0 aliphatic carbocycles. The zero-order valence-corrected chi connectivity index (χ0v) is 16.1. The Balaban J connectivity index is 1.49. The summed E-state index contributed by atoms with van der Waals surface area (Å²) in [5, 5.41) is 0. The zero-order valence-electron chi connectivity index (χ0n) is 16.1. The summed E-state index contributed by atoms with van der Waals surface area (Å²) in [6.07, 6.45) is 0.0317. The number of pyridine rings is 1. The van der Waals surface area contributed by atoms with Crippen LogP contribution in [0.3, 0.4) is 0 Å². The van der Waals surface area contributed by atoms with Gasteiger partial charge < -0.3 is 15.4 Å². The van der Waals surface area contributed by atoms with E-state index in [1.165, 1.54) is 17.2 Å². The van der Waals surface area contributed by atoms with Gasteiger partial charge in [0.25, 0.3) is 5.91 Å². The number of nitrogens with two attached hydrogens (primary N) is 1. The van der Waals surface area contributed by atoms with Crippen LogP contribution in [-0.4, -0.2) is 43.8 Å². The monoisotopic (exact) mass is 428 g/mol. The predicted octanol–water partition coefficient (Wildman–Crippen LogP) is 3.08. The van der Waals surface area contributed by atoms with E-state index in [9.17, 15) is 18.0 Å². The number of amides is 1. The molecule has 158 valence electrons. The normalized spacial score (nSPS) is 15.8. The fourth-order valence-corrected chi connectivity index (χ4v) is 3.71. The number of hydrogen-bond acceptors (Lipinski definition) is 6. The Labute approximate surface area is 173 Å². The highest BCUT2D eigenvalue weighted by atomic mass is 19.4. The molecule has 3 aromatic heterocycles. The molecule has 4 aromatic rings. The van der Waals surface area contributed by atoms with E-state index in [2.05, 4.69) is 15.0 Å². The molecule has 0 unspecified atom stereocenters. The third-order valence-electron chi connectivity index (χ3n) is 5.37. The molecule has 0 saturated carbocycles. The van der Waals surface area contributed by atoms with Crippen LogP contribution < -0.4 is 10.5 Å². The van der Waals surface area contributed by atoms with Crippen molar-refractivity contribution in [3.8, 4) is 5.75 Å². The maximum Gasteiger partial charge on any atom is 0.416 e. The SMILES string of the molecule is CN(C(=O)c1cnc2nc(N)c3cncn3c2c1)[C@@H]1COc2cc(C(F)(F)F)ccc21. The molecule has 1 aromatic carbocycles. The quantitative estimate of drug-likeness (QED) is 0.527. The van der Waals surface area contributed by atoms with Gasteiger partial charge in [0.2, 0.25) is 0 Å². The first kappa shape index (κ1) is 19.1. The summed E-state index contributed by atoms with van der Waals surface area (Å²) < 4.78 is 46.0. The number of rotatable bonds is 2. The number of carbonyl (C=O) groups excluding carboxylic acids is 1. The lowest BCUT2D eigenvalue weighted by molar-refractivity contribution is -0.137. The van der Waals surface area contributed by atoms with Crippen LogP contribution in [0.5, 0.6) is 5.75 Å². The Morgan fingerprint density at radius 1 is 1.26 bits per heavy atom. The van der Waals surface area contributed by atoms with Crippen LogP contribution in [0.1, 0.15) is 27.5 Å². The molecule has 1 atom stereocenters. The average molecular weight is 428 g/mol. The topological polar surface area (TPSA) is 98.6 Å². The molecule has 0 bridgehead atoms. The van der Waals surface area contributed by atoms with Gasteiger partial charge in [-0.1, -0.05) is 6.07 Å². The molecular weight excluding hydrogens is 413 g/mol. The lowest BCUT2D eigenvalue weighted by Gasteiger charge is -2.24. The van der Waals surface area contributed by atoms with Gasteiger partial charge in [0.05, 0.1) is 35.2 Å². The van der Waals surface area contributed by atoms with E-state index in [0.717, 1.165) is 12.1 Å². The number of anilines is 1. The van der Waals surface area contributed by atoms with E-state index < -0.39 is 17.8 Å². The second-order valence-electron chi connectivity index (χ2n) is 7.21. The van der Waals surface area contributed by atoms with Crippen LogP contribution in [0.2, 0.25) is 0 Å². The number of aromatic nitrogens is 4. The van der Waals surface area contributed by atoms with E-state index >= 15 is 0 Å². The molecular formula is C20H15F3N6O2. The molecule has 8 nitrogen and oxygen atoms in total. The predicted molar refractivity (Wildman–Crippen MR) is 104 cm³/mol. The number of halogens is 3. The fourth-order valence-electron chi connectivity index (χ4n) is 3.71. The van der Waals surface area contributed by atoms with Crippen molar-refractivity contribution < 1.29 is 22.7 Å². The molecule has 4 heterocycles. The van der Waals surface area contributed by atoms with Crippen LogP contribution in [-0.2, 0) is 6.18 Å². The summed E-state index contributed by atoms with van der Waals surface area (Å²) in [4.78, 5) is 27.1. The summed E-state index contributed by atoms with van der Waals surface area (Å²) in [5.41, 5.74) is 7.42. The molecule has 0 fully saturated rings. The number of nitrogens with zero attached hydrogens (tertiary/aromatic N) is 5. The summed E-state index contributed by atoms with van der Waals surface area (Å²) in [5.74, 6) is 0.0309. The fraction of sp³-hybridized carbons (Fsp3) is 0.200. The third-order valence-corrected chi connectivity index (χ3v) is 5.37. The van der Waals surface area contributed by atoms with Crippen molar-refractivity contribution in [3.05, 3.63) is 59.7 Å². The number of imidazole rings is 1. The van der Waals surface area contributed by atoms with Gasteiger partial charge in [-0.25, -0.2) is 15.0 Å². The summed E-state index contributed by atoms with van der Waals surface area (Å²) in [6, 6.07) is 4.39. The first-order valence-corrected chi connectivity index (χ1v) is 9.22. The third kappa shape index (κ3) is 3.00. The van der Waals surface area contributed by atoms with Crippen molar-refractivity contribution in [3.63, 3.8) is 0 Å². The minimum atomic E-state index is -4.47. The van der Waals surface area contributed by atoms with Gasteiger partial charge in [-0.3, -0.25) is 9.20 Å². The second kappa shape index (κ2) is 6.56. The van der Waals surface area contributed by atoms with Crippen molar-refractivity contribution in [1.29, 1.82) is 0 Å². The minimum absolute atomic E-state index is 0.0593. The number of fused-ring (bicyclic) bond motifs is 4. The average Bonchev–Trinajstić information content (AvgIpc) is 3.39. The number of benzene rings is 1. The maximum absolute atomic E-state index is 13.1. The largest absolute Gasteiger partial charge is 0.491 e. The lowest BCUT2D eigenvalue weighted by Crippen LogP contribution is -2.32.